The maximum absolute atomic E-state index is 15.4. The van der Waals surface area contributed by atoms with E-state index in [2.05, 4.69) is 54.7 Å². The van der Waals surface area contributed by atoms with Crippen LogP contribution in [0.5, 0.6) is 0 Å². The van der Waals surface area contributed by atoms with E-state index in [-0.39, 0.29) is 0 Å². The molecule has 4 aliphatic heterocycles. The van der Waals surface area contributed by atoms with Gasteiger partial charge < -0.3 is 23.5 Å². The normalized spacial score (nSPS) is 23.3. The molecule has 0 amide bonds. The molecule has 5 heterocycles. The highest BCUT2D eigenvalue weighted by atomic mass is 31.2. The molecule has 4 aliphatic rings. The van der Waals surface area contributed by atoms with E-state index in [0.29, 0.717) is 79.0 Å². The third-order valence-electron chi connectivity index (χ3n) is 8.12. The third-order valence-corrected chi connectivity index (χ3v) is 15.3. The first-order chi connectivity index (χ1) is 19.6. The lowest BCUT2D eigenvalue weighted by atomic mass is 10.3. The fraction of sp³-hybridized carbons (Fsp3) is 0.630. The van der Waals surface area contributed by atoms with Gasteiger partial charge in [-0.25, -0.2) is 23.4 Å². The van der Waals surface area contributed by atoms with Crippen LogP contribution >= 0.6 is 14.8 Å². The molecule has 0 radical (unpaired) electrons. The predicted octanol–water partition coefficient (Wildman–Crippen LogP) is 2.16. The van der Waals surface area contributed by atoms with Crippen LogP contribution in [0.4, 0.5) is 5.69 Å². The number of aromatic nitrogens is 1. The van der Waals surface area contributed by atoms with Crippen molar-refractivity contribution in [1.82, 2.24) is 23.2 Å². The summed E-state index contributed by atoms with van der Waals surface area (Å²) >= 11 is 0. The van der Waals surface area contributed by atoms with E-state index < -0.39 is 14.8 Å². The van der Waals surface area contributed by atoms with E-state index in [1.807, 2.05) is 18.2 Å². The van der Waals surface area contributed by atoms with Gasteiger partial charge in [0.2, 0.25) is 7.44 Å². The summed E-state index contributed by atoms with van der Waals surface area (Å²) in [5.74, 6) is 0. The van der Waals surface area contributed by atoms with E-state index in [9.17, 15) is 0 Å². The van der Waals surface area contributed by atoms with E-state index >= 15 is 4.57 Å². The molecular weight excluding hydrogens is 550 g/mol. The highest BCUT2D eigenvalue weighted by molar-refractivity contribution is 7.70. The summed E-state index contributed by atoms with van der Waals surface area (Å²) < 4.78 is 55.6. The lowest BCUT2D eigenvalue weighted by Crippen LogP contribution is -2.47. The van der Waals surface area contributed by atoms with Crippen molar-refractivity contribution in [1.29, 1.82) is 0 Å². The highest BCUT2D eigenvalue weighted by Gasteiger charge is 2.45. The fourth-order valence-electron chi connectivity index (χ4n) is 6.12. The largest absolute Gasteiger partial charge is 0.379 e. The van der Waals surface area contributed by atoms with Crippen LogP contribution in [0.2, 0.25) is 0 Å². The highest BCUT2D eigenvalue weighted by Crippen LogP contribution is 2.59. The third kappa shape index (κ3) is 5.54. The smallest absolute Gasteiger partial charge is 0.247 e. The number of morpholine rings is 4. The molecule has 220 valence electrons. The first-order valence-corrected chi connectivity index (χ1v) is 17.7. The van der Waals surface area contributed by atoms with Crippen LogP contribution in [0.25, 0.3) is 0 Å². The number of hydrogen-bond donors (Lipinski definition) is 0. The maximum atomic E-state index is 15.4. The fourth-order valence-corrected chi connectivity index (χ4v) is 13.2. The Morgan fingerprint density at radius 2 is 1.07 bits per heavy atom. The Labute approximate surface area is 237 Å². The van der Waals surface area contributed by atoms with Crippen LogP contribution in [0.15, 0.2) is 47.3 Å². The summed E-state index contributed by atoms with van der Waals surface area (Å²) in [6, 6.07) is 12.5. The van der Waals surface area contributed by atoms with Crippen molar-refractivity contribution >= 4 is 31.2 Å². The number of nitrogens with zero attached hydrogens (tertiary/aromatic N) is 6. The molecule has 0 spiro atoms. The summed E-state index contributed by atoms with van der Waals surface area (Å²) in [6.07, 6.45) is 2.11. The van der Waals surface area contributed by atoms with Gasteiger partial charge in [-0.2, -0.15) is 0 Å². The molecular formula is C27H42N6O5P2. The minimum atomic E-state index is -3.09. The van der Waals surface area contributed by atoms with Crippen LogP contribution in [0.1, 0.15) is 0 Å². The van der Waals surface area contributed by atoms with Crippen molar-refractivity contribution in [3.05, 3.63) is 42.6 Å². The molecule has 0 aliphatic carbocycles. The number of ether oxygens (including phenoxy) is 4. The van der Waals surface area contributed by atoms with Crippen molar-refractivity contribution in [2.75, 3.05) is 105 Å². The zero-order chi connectivity index (χ0) is 27.4. The van der Waals surface area contributed by atoms with Gasteiger partial charge in [-0.05, 0) is 18.2 Å². The van der Waals surface area contributed by atoms with Crippen molar-refractivity contribution in [3.63, 3.8) is 0 Å². The quantitative estimate of drug-likeness (QED) is 0.450. The van der Waals surface area contributed by atoms with Gasteiger partial charge in [0.15, 0.2) is 0 Å². The molecule has 4 saturated heterocycles. The minimum Gasteiger partial charge on any atom is -0.379 e. The van der Waals surface area contributed by atoms with Gasteiger partial charge in [-0.15, -0.1) is 0 Å². The molecule has 6 rings (SSSR count). The van der Waals surface area contributed by atoms with Gasteiger partial charge in [0, 0.05) is 65.6 Å². The molecule has 11 nitrogen and oxygen atoms in total. The first-order valence-electron chi connectivity index (χ1n) is 14.4. The predicted molar refractivity (Wildman–Crippen MR) is 157 cm³/mol. The van der Waals surface area contributed by atoms with Crippen LogP contribution in [0.3, 0.4) is 0 Å². The SMILES string of the molecule is Cn1cc(P(=O)(N2CCOCC2)N2CCOCC2)cc1P(=Nc1ccccc1)(N1CCOCC1)N1CCOCC1. The maximum Gasteiger partial charge on any atom is 0.247 e. The van der Waals surface area contributed by atoms with Crippen LogP contribution < -0.4 is 10.7 Å². The molecule has 0 saturated carbocycles. The number of benzene rings is 1. The molecule has 2 aromatic rings. The van der Waals surface area contributed by atoms with E-state index in [1.54, 1.807) is 0 Å². The molecule has 1 aromatic heterocycles. The average molecular weight is 593 g/mol. The summed E-state index contributed by atoms with van der Waals surface area (Å²) in [5.41, 5.74) is 2.08. The Kier molecular flexibility index (Phi) is 9.25. The van der Waals surface area contributed by atoms with E-state index in [4.69, 9.17) is 23.7 Å². The van der Waals surface area contributed by atoms with Crippen molar-refractivity contribution < 1.29 is 23.5 Å². The molecule has 0 bridgehead atoms. The second kappa shape index (κ2) is 12.9. The minimum absolute atomic E-state index is 0.593. The zero-order valence-electron chi connectivity index (χ0n) is 23.5. The van der Waals surface area contributed by atoms with Gasteiger partial charge in [-0.3, -0.25) is 4.57 Å². The molecule has 4 fully saturated rings. The summed E-state index contributed by atoms with van der Waals surface area (Å²) in [4.78, 5) is 0. The van der Waals surface area contributed by atoms with Gasteiger partial charge in [0.05, 0.1) is 69.3 Å². The van der Waals surface area contributed by atoms with Crippen LogP contribution in [-0.2, 0) is 30.6 Å². The second-order valence-corrected chi connectivity index (χ2v) is 16.1. The Balaban J connectivity index is 1.53. The van der Waals surface area contributed by atoms with Gasteiger partial charge in [0.1, 0.15) is 7.36 Å². The van der Waals surface area contributed by atoms with Crippen molar-refractivity contribution in [2.45, 2.75) is 0 Å². The Morgan fingerprint density at radius 3 is 1.52 bits per heavy atom. The lowest BCUT2D eigenvalue weighted by molar-refractivity contribution is 0.0538. The van der Waals surface area contributed by atoms with Gasteiger partial charge in [-0.1, -0.05) is 18.2 Å². The van der Waals surface area contributed by atoms with Crippen molar-refractivity contribution in [3.8, 4) is 0 Å². The number of hydrogen-bond acceptors (Lipinski definition) is 6. The summed E-state index contributed by atoms with van der Waals surface area (Å²) in [7, 11) is -3.49. The van der Waals surface area contributed by atoms with E-state index in [0.717, 1.165) is 42.6 Å². The second-order valence-electron chi connectivity index (χ2n) is 10.5. The van der Waals surface area contributed by atoms with Gasteiger partial charge in [0.25, 0.3) is 0 Å². The molecule has 0 unspecified atom stereocenters. The molecule has 0 atom stereocenters. The molecule has 40 heavy (non-hydrogen) atoms. The average Bonchev–Trinajstić information content (AvgIpc) is 3.44. The standard InChI is InChI=1S/C27H42N6O5P2/c1-29-24-26(40(34,32-11-19-37-20-12-32)33-13-21-38-22-14-33)23-27(29)39(30-7-15-35-16-8-30,31-9-17-36-18-10-31)28-25-5-3-2-4-6-25/h2-6,23-24H,7-22H2,1H3. The zero-order valence-corrected chi connectivity index (χ0v) is 25.3. The van der Waals surface area contributed by atoms with Crippen molar-refractivity contribution in [2.24, 2.45) is 11.8 Å². The molecule has 13 heteroatoms. The summed E-state index contributed by atoms with van der Waals surface area (Å²) in [6.45, 7) is 10.9. The Hall–Kier alpha value is -1.36. The van der Waals surface area contributed by atoms with Crippen LogP contribution in [0, 0.1) is 0 Å². The molecule has 0 N–H and O–H groups in total. The Bertz CT molecular complexity index is 1180. The first kappa shape index (κ1) is 28.7. The number of aryl methyl sites for hydroxylation is 1. The van der Waals surface area contributed by atoms with Crippen LogP contribution in [-0.4, -0.2) is 128 Å². The topological polar surface area (TPSA) is 84.2 Å². The Morgan fingerprint density at radius 1 is 0.650 bits per heavy atom. The van der Waals surface area contributed by atoms with Gasteiger partial charge >= 0.3 is 0 Å². The monoisotopic (exact) mass is 592 g/mol. The lowest BCUT2D eigenvalue weighted by Gasteiger charge is -2.46. The summed E-state index contributed by atoms with van der Waals surface area (Å²) in [5, 5.41) is 0.878. The molecule has 1 aromatic carbocycles. The number of rotatable bonds is 7. The van der Waals surface area contributed by atoms with E-state index in [1.165, 1.54) is 0 Å².